The SMILES string of the molecule is O=C(NO)c1ccc(CCNS(=O)(=O)c2ccc(Cl)cc2)cc1. The molecule has 8 heteroatoms. The van der Waals surface area contributed by atoms with Gasteiger partial charge in [-0.1, -0.05) is 23.7 Å². The van der Waals surface area contributed by atoms with E-state index in [1.165, 1.54) is 24.3 Å². The molecule has 0 heterocycles. The maximum atomic E-state index is 12.1. The number of rotatable bonds is 6. The van der Waals surface area contributed by atoms with Gasteiger partial charge in [-0.05, 0) is 48.4 Å². The maximum Gasteiger partial charge on any atom is 0.274 e. The smallest absolute Gasteiger partial charge is 0.274 e. The zero-order chi connectivity index (χ0) is 16.9. The Labute approximate surface area is 139 Å². The summed E-state index contributed by atoms with van der Waals surface area (Å²) in [4.78, 5) is 11.3. The molecule has 0 atom stereocenters. The second kappa shape index (κ2) is 7.56. The summed E-state index contributed by atoms with van der Waals surface area (Å²) in [5.74, 6) is -0.597. The first-order chi connectivity index (χ1) is 10.9. The highest BCUT2D eigenvalue weighted by atomic mass is 35.5. The van der Waals surface area contributed by atoms with Crippen molar-refractivity contribution in [2.45, 2.75) is 11.3 Å². The van der Waals surface area contributed by atoms with Crippen molar-refractivity contribution in [3.63, 3.8) is 0 Å². The first-order valence-electron chi connectivity index (χ1n) is 6.71. The largest absolute Gasteiger partial charge is 0.288 e. The van der Waals surface area contributed by atoms with E-state index in [-0.39, 0.29) is 11.4 Å². The van der Waals surface area contributed by atoms with Crippen LogP contribution in [-0.4, -0.2) is 26.1 Å². The zero-order valence-corrected chi connectivity index (χ0v) is 13.6. The Kier molecular flexibility index (Phi) is 5.73. The molecule has 23 heavy (non-hydrogen) atoms. The van der Waals surface area contributed by atoms with Crippen LogP contribution in [-0.2, 0) is 16.4 Å². The summed E-state index contributed by atoms with van der Waals surface area (Å²) in [6.07, 6.45) is 0.466. The number of hydroxylamine groups is 1. The van der Waals surface area contributed by atoms with Gasteiger partial charge in [-0.2, -0.15) is 0 Å². The Balaban J connectivity index is 1.94. The van der Waals surface area contributed by atoms with Gasteiger partial charge in [0.2, 0.25) is 10.0 Å². The summed E-state index contributed by atoms with van der Waals surface area (Å²) < 4.78 is 26.7. The molecule has 1 amide bonds. The van der Waals surface area contributed by atoms with Crippen LogP contribution in [0.25, 0.3) is 0 Å². The third kappa shape index (κ3) is 4.77. The molecule has 0 aromatic heterocycles. The Hall–Kier alpha value is -1.93. The number of halogens is 1. The third-order valence-corrected chi connectivity index (χ3v) is 4.88. The molecule has 0 aliphatic rings. The second-order valence-corrected chi connectivity index (χ2v) is 6.94. The minimum Gasteiger partial charge on any atom is -0.288 e. The predicted molar refractivity (Wildman–Crippen MR) is 86.0 cm³/mol. The van der Waals surface area contributed by atoms with E-state index in [9.17, 15) is 13.2 Å². The van der Waals surface area contributed by atoms with E-state index in [0.717, 1.165) is 5.56 Å². The number of hydrogen-bond donors (Lipinski definition) is 3. The van der Waals surface area contributed by atoms with Gasteiger partial charge in [-0.15, -0.1) is 0 Å². The highest BCUT2D eigenvalue weighted by Crippen LogP contribution is 2.14. The van der Waals surface area contributed by atoms with Gasteiger partial charge < -0.3 is 0 Å². The Morgan fingerprint density at radius 2 is 1.65 bits per heavy atom. The molecular weight excluding hydrogens is 340 g/mol. The molecule has 2 rings (SSSR count). The first-order valence-corrected chi connectivity index (χ1v) is 8.57. The van der Waals surface area contributed by atoms with Crippen molar-refractivity contribution >= 4 is 27.5 Å². The fourth-order valence-corrected chi connectivity index (χ4v) is 3.07. The van der Waals surface area contributed by atoms with Crippen molar-refractivity contribution in [1.29, 1.82) is 0 Å². The van der Waals surface area contributed by atoms with E-state index in [1.54, 1.807) is 29.7 Å². The molecule has 0 saturated carbocycles. The highest BCUT2D eigenvalue weighted by molar-refractivity contribution is 7.89. The van der Waals surface area contributed by atoms with E-state index in [0.29, 0.717) is 17.0 Å². The van der Waals surface area contributed by atoms with E-state index < -0.39 is 15.9 Å². The van der Waals surface area contributed by atoms with E-state index in [2.05, 4.69) is 4.72 Å². The summed E-state index contributed by atoms with van der Waals surface area (Å²) in [7, 11) is -3.58. The monoisotopic (exact) mass is 354 g/mol. The molecule has 0 fully saturated rings. The van der Waals surface area contributed by atoms with Gasteiger partial charge in [0.15, 0.2) is 0 Å². The van der Waals surface area contributed by atoms with Gasteiger partial charge in [-0.3, -0.25) is 10.0 Å². The number of benzene rings is 2. The van der Waals surface area contributed by atoms with Crippen LogP contribution in [0.15, 0.2) is 53.4 Å². The topological polar surface area (TPSA) is 95.5 Å². The summed E-state index contributed by atoms with van der Waals surface area (Å²) in [6.45, 7) is 0.219. The van der Waals surface area contributed by atoms with E-state index in [1.807, 2.05) is 0 Å². The number of carbonyl (C=O) groups is 1. The zero-order valence-electron chi connectivity index (χ0n) is 12.0. The lowest BCUT2D eigenvalue weighted by atomic mass is 10.1. The lowest BCUT2D eigenvalue weighted by Gasteiger charge is -2.07. The molecule has 0 aliphatic heterocycles. The Bertz CT molecular complexity index is 774. The van der Waals surface area contributed by atoms with Crippen molar-refractivity contribution in [3.05, 3.63) is 64.7 Å². The molecule has 0 spiro atoms. The predicted octanol–water partition coefficient (Wildman–Crippen LogP) is 1.98. The molecule has 3 N–H and O–H groups in total. The molecule has 2 aromatic rings. The molecule has 122 valence electrons. The van der Waals surface area contributed by atoms with Crippen LogP contribution in [0.1, 0.15) is 15.9 Å². The van der Waals surface area contributed by atoms with Crippen LogP contribution in [0.4, 0.5) is 0 Å². The van der Waals surface area contributed by atoms with Crippen LogP contribution in [0.5, 0.6) is 0 Å². The van der Waals surface area contributed by atoms with Crippen LogP contribution >= 0.6 is 11.6 Å². The number of carbonyl (C=O) groups excluding carboxylic acids is 1. The van der Waals surface area contributed by atoms with Gasteiger partial charge >= 0.3 is 0 Å². The molecule has 0 bridgehead atoms. The molecule has 0 aliphatic carbocycles. The quantitative estimate of drug-likeness (QED) is 0.546. The fourth-order valence-electron chi connectivity index (χ4n) is 1.91. The fraction of sp³-hybridized carbons (Fsp3) is 0.133. The molecule has 2 aromatic carbocycles. The van der Waals surface area contributed by atoms with Crippen LogP contribution in [0.3, 0.4) is 0 Å². The lowest BCUT2D eigenvalue weighted by molar-refractivity contribution is 0.0706. The number of amides is 1. The van der Waals surface area contributed by atoms with Gasteiger partial charge in [0.05, 0.1) is 4.90 Å². The number of hydrogen-bond acceptors (Lipinski definition) is 4. The van der Waals surface area contributed by atoms with Gasteiger partial charge in [0, 0.05) is 17.1 Å². The average molecular weight is 355 g/mol. The average Bonchev–Trinajstić information content (AvgIpc) is 2.55. The summed E-state index contributed by atoms with van der Waals surface area (Å²) in [5.41, 5.74) is 2.72. The molecule has 6 nitrogen and oxygen atoms in total. The van der Waals surface area contributed by atoms with Gasteiger partial charge in [0.1, 0.15) is 0 Å². The van der Waals surface area contributed by atoms with E-state index in [4.69, 9.17) is 16.8 Å². The molecule has 0 radical (unpaired) electrons. The maximum absolute atomic E-state index is 12.1. The minimum atomic E-state index is -3.58. The lowest BCUT2D eigenvalue weighted by Crippen LogP contribution is -2.26. The molecular formula is C15H15ClN2O4S. The van der Waals surface area contributed by atoms with Crippen molar-refractivity contribution in [2.75, 3.05) is 6.54 Å². The molecule has 0 unspecified atom stereocenters. The summed E-state index contributed by atoms with van der Waals surface area (Å²) >= 11 is 5.73. The van der Waals surface area contributed by atoms with Gasteiger partial charge in [0.25, 0.3) is 5.91 Å². The van der Waals surface area contributed by atoms with Crippen LogP contribution < -0.4 is 10.2 Å². The van der Waals surface area contributed by atoms with Crippen molar-refractivity contribution in [3.8, 4) is 0 Å². The van der Waals surface area contributed by atoms with Crippen molar-refractivity contribution in [2.24, 2.45) is 0 Å². The van der Waals surface area contributed by atoms with Gasteiger partial charge in [-0.25, -0.2) is 18.6 Å². The third-order valence-electron chi connectivity index (χ3n) is 3.15. The first kappa shape index (κ1) is 17.4. The number of nitrogens with one attached hydrogen (secondary N) is 2. The number of sulfonamides is 1. The standard InChI is InChI=1S/C15H15ClN2O4S/c16-13-5-7-14(8-6-13)23(21,22)17-10-9-11-1-3-12(4-2-11)15(19)18-20/h1-8,17,20H,9-10H2,(H,18,19). The van der Waals surface area contributed by atoms with Crippen LogP contribution in [0.2, 0.25) is 5.02 Å². The minimum absolute atomic E-state index is 0.150. The summed E-state index contributed by atoms with van der Waals surface area (Å²) in [6, 6.07) is 12.4. The normalized spacial score (nSPS) is 11.2. The molecule has 0 saturated heterocycles. The van der Waals surface area contributed by atoms with E-state index >= 15 is 0 Å². The van der Waals surface area contributed by atoms with Crippen molar-refractivity contribution in [1.82, 2.24) is 10.2 Å². The Morgan fingerprint density at radius 1 is 1.04 bits per heavy atom. The van der Waals surface area contributed by atoms with Crippen molar-refractivity contribution < 1.29 is 18.4 Å². The second-order valence-electron chi connectivity index (χ2n) is 4.74. The summed E-state index contributed by atoms with van der Waals surface area (Å²) in [5, 5.41) is 9.00. The highest BCUT2D eigenvalue weighted by Gasteiger charge is 2.13. The van der Waals surface area contributed by atoms with Crippen LogP contribution in [0, 0.1) is 0 Å². The Morgan fingerprint density at radius 3 is 2.22 bits per heavy atom.